The van der Waals surface area contributed by atoms with Crippen molar-refractivity contribution in [3.05, 3.63) is 41.2 Å². The van der Waals surface area contributed by atoms with Crippen molar-refractivity contribution in [2.24, 2.45) is 0 Å². The molecule has 1 heterocycles. The predicted molar refractivity (Wildman–Crippen MR) is 88.4 cm³/mol. The highest BCUT2D eigenvalue weighted by Crippen LogP contribution is 2.17. The first-order valence-electron chi connectivity index (χ1n) is 7.11. The van der Waals surface area contributed by atoms with Crippen LogP contribution in [0, 0.1) is 5.82 Å². The second-order valence-electron chi connectivity index (χ2n) is 4.60. The number of carbonyl (C=O) groups excluding carboxylic acids is 2. The highest BCUT2D eigenvalue weighted by Gasteiger charge is 2.16. The smallest absolute Gasteiger partial charge is 0.325 e. The molecule has 0 radical (unpaired) electrons. The van der Waals surface area contributed by atoms with Gasteiger partial charge in [0.25, 0.3) is 5.91 Å². The Balaban J connectivity index is 1.97. The number of hydrogen-bond donors (Lipinski definition) is 2. The van der Waals surface area contributed by atoms with Crippen LogP contribution in [0.25, 0.3) is 0 Å². The second-order valence-corrected chi connectivity index (χ2v) is 5.46. The van der Waals surface area contributed by atoms with Crippen molar-refractivity contribution >= 4 is 34.1 Å². The summed E-state index contributed by atoms with van der Waals surface area (Å²) in [5, 5.41) is 7.03. The van der Waals surface area contributed by atoms with Crippen LogP contribution in [0.4, 0.5) is 20.0 Å². The lowest BCUT2D eigenvalue weighted by atomic mass is 10.3. The van der Waals surface area contributed by atoms with Crippen LogP contribution in [0.5, 0.6) is 0 Å². The van der Waals surface area contributed by atoms with Gasteiger partial charge in [-0.25, -0.2) is 14.2 Å². The van der Waals surface area contributed by atoms with Gasteiger partial charge in [-0.3, -0.25) is 10.1 Å². The number of anilines is 2. The molecule has 0 atom stereocenters. The Hall–Kier alpha value is -2.48. The minimum Gasteiger partial charge on any atom is -0.338 e. The van der Waals surface area contributed by atoms with Gasteiger partial charge in [-0.05, 0) is 38.1 Å². The third-order valence-corrected chi connectivity index (χ3v) is 3.85. The van der Waals surface area contributed by atoms with Crippen molar-refractivity contribution < 1.29 is 14.0 Å². The second kappa shape index (κ2) is 7.68. The summed E-state index contributed by atoms with van der Waals surface area (Å²) in [6, 6.07) is 4.89. The average molecular weight is 336 g/mol. The van der Waals surface area contributed by atoms with E-state index in [4.69, 9.17) is 0 Å². The molecule has 0 fully saturated rings. The molecule has 8 heteroatoms. The Morgan fingerprint density at radius 3 is 2.43 bits per heavy atom. The lowest BCUT2D eigenvalue weighted by Crippen LogP contribution is -2.30. The van der Waals surface area contributed by atoms with Gasteiger partial charge in [-0.2, -0.15) is 0 Å². The maximum absolute atomic E-state index is 12.8. The van der Waals surface area contributed by atoms with Gasteiger partial charge in [0.2, 0.25) is 0 Å². The summed E-state index contributed by atoms with van der Waals surface area (Å²) < 4.78 is 12.8. The largest absolute Gasteiger partial charge is 0.338 e. The first-order valence-corrected chi connectivity index (χ1v) is 7.99. The summed E-state index contributed by atoms with van der Waals surface area (Å²) >= 11 is 1.17. The molecule has 0 saturated heterocycles. The molecule has 23 heavy (non-hydrogen) atoms. The number of amides is 3. The van der Waals surface area contributed by atoms with Crippen LogP contribution >= 0.6 is 11.3 Å². The summed E-state index contributed by atoms with van der Waals surface area (Å²) in [6.07, 6.45) is 0. The fourth-order valence-electron chi connectivity index (χ4n) is 1.89. The number of hydrogen-bond acceptors (Lipinski definition) is 4. The molecular weight excluding hydrogens is 319 g/mol. The van der Waals surface area contributed by atoms with Crippen LogP contribution in [0.2, 0.25) is 0 Å². The molecule has 122 valence electrons. The van der Waals surface area contributed by atoms with E-state index in [9.17, 15) is 14.0 Å². The topological polar surface area (TPSA) is 74.3 Å². The zero-order chi connectivity index (χ0) is 16.8. The van der Waals surface area contributed by atoms with E-state index in [0.717, 1.165) is 0 Å². The van der Waals surface area contributed by atoms with E-state index in [2.05, 4.69) is 15.6 Å². The average Bonchev–Trinajstić information content (AvgIpc) is 2.99. The molecule has 1 aromatic heterocycles. The summed E-state index contributed by atoms with van der Waals surface area (Å²) in [6.45, 7) is 4.98. The van der Waals surface area contributed by atoms with Crippen LogP contribution in [0.15, 0.2) is 29.6 Å². The van der Waals surface area contributed by atoms with Gasteiger partial charge in [0.05, 0.1) is 0 Å². The number of benzene rings is 1. The molecule has 2 aromatic rings. The van der Waals surface area contributed by atoms with Crippen molar-refractivity contribution in [2.75, 3.05) is 23.7 Å². The lowest BCUT2D eigenvalue weighted by molar-refractivity contribution is 0.0768. The number of nitrogens with zero attached hydrogens (tertiary/aromatic N) is 2. The number of aromatic nitrogens is 1. The fourth-order valence-corrected chi connectivity index (χ4v) is 2.57. The molecule has 3 amide bonds. The number of thiazole rings is 1. The Labute approximate surface area is 137 Å². The minimum atomic E-state index is -0.507. The number of nitrogens with one attached hydrogen (secondary N) is 2. The maximum Gasteiger partial charge on any atom is 0.325 e. The number of urea groups is 1. The standard InChI is InChI=1S/C15H17FN4O2S/c1-3-20(4-2)13(21)12-9-23-15(18-12)19-14(22)17-11-7-5-10(16)6-8-11/h5-9H,3-4H2,1-2H3,(H2,17,18,19,22). The Morgan fingerprint density at radius 1 is 1.17 bits per heavy atom. The molecule has 6 nitrogen and oxygen atoms in total. The van der Waals surface area contributed by atoms with Gasteiger partial charge >= 0.3 is 6.03 Å². The monoisotopic (exact) mass is 336 g/mol. The van der Waals surface area contributed by atoms with E-state index < -0.39 is 6.03 Å². The highest BCUT2D eigenvalue weighted by molar-refractivity contribution is 7.14. The number of rotatable bonds is 5. The van der Waals surface area contributed by atoms with Crippen LogP contribution in [-0.4, -0.2) is 34.9 Å². The number of carbonyl (C=O) groups is 2. The lowest BCUT2D eigenvalue weighted by Gasteiger charge is -2.16. The Kier molecular flexibility index (Phi) is 5.64. The Morgan fingerprint density at radius 2 is 1.83 bits per heavy atom. The van der Waals surface area contributed by atoms with E-state index in [1.165, 1.54) is 35.6 Å². The third kappa shape index (κ3) is 4.49. The molecular formula is C15H17FN4O2S. The molecule has 0 bridgehead atoms. The van der Waals surface area contributed by atoms with E-state index in [-0.39, 0.29) is 11.7 Å². The van der Waals surface area contributed by atoms with Crippen molar-refractivity contribution in [1.82, 2.24) is 9.88 Å². The number of halogens is 1. The Bertz CT molecular complexity index is 683. The molecule has 0 saturated carbocycles. The SMILES string of the molecule is CCN(CC)C(=O)c1csc(NC(=O)Nc2ccc(F)cc2)n1. The van der Waals surface area contributed by atoms with Crippen molar-refractivity contribution in [3.63, 3.8) is 0 Å². The third-order valence-electron chi connectivity index (χ3n) is 3.10. The molecule has 0 aliphatic carbocycles. The van der Waals surface area contributed by atoms with Gasteiger partial charge in [-0.1, -0.05) is 0 Å². The summed E-state index contributed by atoms with van der Waals surface area (Å²) in [7, 11) is 0. The van der Waals surface area contributed by atoms with Crippen LogP contribution < -0.4 is 10.6 Å². The summed E-state index contributed by atoms with van der Waals surface area (Å²) in [4.78, 5) is 29.8. The van der Waals surface area contributed by atoms with Gasteiger partial charge in [0.1, 0.15) is 11.5 Å². The highest BCUT2D eigenvalue weighted by atomic mass is 32.1. The minimum absolute atomic E-state index is 0.168. The quantitative estimate of drug-likeness (QED) is 0.879. The maximum atomic E-state index is 12.8. The van der Waals surface area contributed by atoms with Crippen molar-refractivity contribution in [3.8, 4) is 0 Å². The van der Waals surface area contributed by atoms with Gasteiger partial charge in [0, 0.05) is 24.2 Å². The molecule has 1 aromatic carbocycles. The molecule has 2 rings (SSSR count). The van der Waals surface area contributed by atoms with E-state index in [0.29, 0.717) is 29.6 Å². The van der Waals surface area contributed by atoms with E-state index in [1.54, 1.807) is 10.3 Å². The zero-order valence-electron chi connectivity index (χ0n) is 12.8. The first-order chi connectivity index (χ1) is 11.0. The zero-order valence-corrected chi connectivity index (χ0v) is 13.6. The van der Waals surface area contributed by atoms with Crippen LogP contribution in [-0.2, 0) is 0 Å². The summed E-state index contributed by atoms with van der Waals surface area (Å²) in [5.41, 5.74) is 0.760. The molecule has 0 aliphatic heterocycles. The first kappa shape index (κ1) is 16.9. The van der Waals surface area contributed by atoms with Crippen LogP contribution in [0.1, 0.15) is 24.3 Å². The molecule has 2 N–H and O–H groups in total. The normalized spacial score (nSPS) is 10.2. The fraction of sp³-hybridized carbons (Fsp3) is 0.267. The molecule has 0 aliphatic rings. The molecule has 0 spiro atoms. The van der Waals surface area contributed by atoms with E-state index in [1.807, 2.05) is 13.8 Å². The van der Waals surface area contributed by atoms with Crippen LogP contribution in [0.3, 0.4) is 0 Å². The van der Waals surface area contributed by atoms with Crippen molar-refractivity contribution in [1.29, 1.82) is 0 Å². The van der Waals surface area contributed by atoms with Gasteiger partial charge < -0.3 is 10.2 Å². The van der Waals surface area contributed by atoms with Gasteiger partial charge in [0.15, 0.2) is 5.13 Å². The van der Waals surface area contributed by atoms with Crippen molar-refractivity contribution in [2.45, 2.75) is 13.8 Å². The molecule has 0 unspecified atom stereocenters. The predicted octanol–water partition coefficient (Wildman–Crippen LogP) is 3.41. The van der Waals surface area contributed by atoms with Gasteiger partial charge in [-0.15, -0.1) is 11.3 Å². The van der Waals surface area contributed by atoms with E-state index >= 15 is 0 Å². The summed E-state index contributed by atoms with van der Waals surface area (Å²) in [5.74, 6) is -0.548.